The van der Waals surface area contributed by atoms with E-state index in [4.69, 9.17) is 9.47 Å². The van der Waals surface area contributed by atoms with E-state index in [9.17, 15) is 0 Å². The summed E-state index contributed by atoms with van der Waals surface area (Å²) in [6.45, 7) is 5.12. The first-order valence-corrected chi connectivity index (χ1v) is 6.70. The Hall–Kier alpha value is -1.18. The highest BCUT2D eigenvalue weighted by Gasteiger charge is 2.36. The number of hydrogen-bond acceptors (Lipinski definition) is 2. The highest BCUT2D eigenvalue weighted by atomic mass is 16.6. The standard InChI is InChI=1S/C15H22O2/c1-3-5-11-15(10-4-2)12-16-13-8-6-7-9-14(13)17-15/h6-9H,3-5,10-12H2,1-2H3. The summed E-state index contributed by atoms with van der Waals surface area (Å²) in [7, 11) is 0. The maximum absolute atomic E-state index is 6.24. The van der Waals surface area contributed by atoms with Gasteiger partial charge in [-0.3, -0.25) is 0 Å². The van der Waals surface area contributed by atoms with Crippen LogP contribution in [0.1, 0.15) is 46.0 Å². The molecule has 2 heteroatoms. The third-order valence-corrected chi connectivity index (χ3v) is 3.36. The molecular formula is C15H22O2. The second kappa shape index (κ2) is 5.44. The Kier molecular flexibility index (Phi) is 3.93. The molecule has 1 atom stereocenters. The van der Waals surface area contributed by atoms with Crippen LogP contribution in [-0.2, 0) is 0 Å². The van der Waals surface area contributed by atoms with Crippen molar-refractivity contribution < 1.29 is 9.47 Å². The highest BCUT2D eigenvalue weighted by Crippen LogP contribution is 2.38. The summed E-state index contributed by atoms with van der Waals surface area (Å²) in [5, 5.41) is 0. The molecule has 1 unspecified atom stereocenters. The van der Waals surface area contributed by atoms with Crippen LogP contribution in [0.5, 0.6) is 11.5 Å². The van der Waals surface area contributed by atoms with Crippen molar-refractivity contribution in [2.45, 2.75) is 51.6 Å². The summed E-state index contributed by atoms with van der Waals surface area (Å²) in [5.74, 6) is 1.79. The molecule has 0 N–H and O–H groups in total. The maximum atomic E-state index is 6.24. The molecule has 17 heavy (non-hydrogen) atoms. The zero-order valence-electron chi connectivity index (χ0n) is 10.9. The quantitative estimate of drug-likeness (QED) is 0.760. The van der Waals surface area contributed by atoms with Crippen molar-refractivity contribution >= 4 is 0 Å². The maximum Gasteiger partial charge on any atom is 0.162 e. The molecule has 0 saturated heterocycles. The lowest BCUT2D eigenvalue weighted by atomic mass is 9.91. The summed E-state index contributed by atoms with van der Waals surface area (Å²) in [6, 6.07) is 7.97. The van der Waals surface area contributed by atoms with Crippen molar-refractivity contribution in [2.24, 2.45) is 0 Å². The van der Waals surface area contributed by atoms with Crippen molar-refractivity contribution in [1.82, 2.24) is 0 Å². The van der Waals surface area contributed by atoms with Gasteiger partial charge in [-0.15, -0.1) is 0 Å². The van der Waals surface area contributed by atoms with Gasteiger partial charge in [0, 0.05) is 0 Å². The van der Waals surface area contributed by atoms with E-state index < -0.39 is 0 Å². The fourth-order valence-corrected chi connectivity index (χ4v) is 2.45. The van der Waals surface area contributed by atoms with Gasteiger partial charge in [-0.2, -0.15) is 0 Å². The zero-order valence-corrected chi connectivity index (χ0v) is 10.9. The molecule has 1 aromatic rings. The van der Waals surface area contributed by atoms with E-state index >= 15 is 0 Å². The van der Waals surface area contributed by atoms with Crippen LogP contribution in [0.15, 0.2) is 24.3 Å². The normalized spacial score (nSPS) is 22.5. The molecule has 2 nitrogen and oxygen atoms in total. The largest absolute Gasteiger partial charge is 0.486 e. The number of rotatable bonds is 5. The summed E-state index contributed by atoms with van der Waals surface area (Å²) >= 11 is 0. The van der Waals surface area contributed by atoms with Gasteiger partial charge in [0.05, 0.1) is 0 Å². The van der Waals surface area contributed by atoms with E-state index in [0.29, 0.717) is 6.61 Å². The molecule has 1 aliphatic heterocycles. The van der Waals surface area contributed by atoms with Crippen LogP contribution in [-0.4, -0.2) is 12.2 Å². The van der Waals surface area contributed by atoms with E-state index in [2.05, 4.69) is 13.8 Å². The molecule has 0 spiro atoms. The minimum Gasteiger partial charge on any atom is -0.486 e. The van der Waals surface area contributed by atoms with Crippen LogP contribution in [0.3, 0.4) is 0 Å². The predicted octanol–water partition coefficient (Wildman–Crippen LogP) is 4.19. The van der Waals surface area contributed by atoms with Crippen LogP contribution in [0.2, 0.25) is 0 Å². The fraction of sp³-hybridized carbons (Fsp3) is 0.600. The van der Waals surface area contributed by atoms with Gasteiger partial charge in [-0.05, 0) is 31.4 Å². The van der Waals surface area contributed by atoms with Crippen molar-refractivity contribution in [1.29, 1.82) is 0 Å². The molecule has 0 radical (unpaired) electrons. The van der Waals surface area contributed by atoms with E-state index in [-0.39, 0.29) is 5.60 Å². The van der Waals surface area contributed by atoms with Gasteiger partial charge in [-0.25, -0.2) is 0 Å². The third-order valence-electron chi connectivity index (χ3n) is 3.36. The summed E-state index contributed by atoms with van der Waals surface area (Å²) in [6.07, 6.45) is 5.70. The molecule has 0 amide bonds. The lowest BCUT2D eigenvalue weighted by Crippen LogP contribution is -2.44. The number of fused-ring (bicyclic) bond motifs is 1. The van der Waals surface area contributed by atoms with Gasteiger partial charge < -0.3 is 9.47 Å². The van der Waals surface area contributed by atoms with E-state index in [1.807, 2.05) is 24.3 Å². The molecule has 0 aromatic heterocycles. The monoisotopic (exact) mass is 234 g/mol. The van der Waals surface area contributed by atoms with Gasteiger partial charge in [-0.1, -0.05) is 38.8 Å². The van der Waals surface area contributed by atoms with Crippen molar-refractivity contribution in [2.75, 3.05) is 6.61 Å². The predicted molar refractivity (Wildman–Crippen MR) is 69.7 cm³/mol. The molecule has 0 fully saturated rings. The number of unbranched alkanes of at least 4 members (excludes halogenated alkanes) is 1. The second-order valence-corrected chi connectivity index (χ2v) is 4.87. The van der Waals surface area contributed by atoms with Crippen molar-refractivity contribution in [3.8, 4) is 11.5 Å². The molecule has 1 aliphatic rings. The summed E-state index contributed by atoms with van der Waals surface area (Å²) in [4.78, 5) is 0. The summed E-state index contributed by atoms with van der Waals surface area (Å²) < 4.78 is 12.1. The number of hydrogen-bond donors (Lipinski definition) is 0. The van der Waals surface area contributed by atoms with Gasteiger partial charge in [0.25, 0.3) is 0 Å². The molecular weight excluding hydrogens is 212 g/mol. The van der Waals surface area contributed by atoms with Crippen LogP contribution < -0.4 is 9.47 Å². The minimum atomic E-state index is -0.0981. The molecule has 2 rings (SSSR count). The fourth-order valence-electron chi connectivity index (χ4n) is 2.45. The lowest BCUT2D eigenvalue weighted by molar-refractivity contribution is -0.0235. The number of benzene rings is 1. The van der Waals surface area contributed by atoms with Gasteiger partial charge in [0.1, 0.15) is 12.2 Å². The van der Waals surface area contributed by atoms with Gasteiger partial charge in [0.2, 0.25) is 0 Å². The number of para-hydroxylation sites is 2. The van der Waals surface area contributed by atoms with Crippen LogP contribution >= 0.6 is 0 Å². The average Bonchev–Trinajstić information content (AvgIpc) is 2.37. The Morgan fingerprint density at radius 2 is 1.82 bits per heavy atom. The molecule has 0 aliphatic carbocycles. The Bertz CT molecular complexity index is 362. The van der Waals surface area contributed by atoms with Crippen LogP contribution in [0.4, 0.5) is 0 Å². The SMILES string of the molecule is CCCCC1(CCC)COc2ccccc2O1. The smallest absolute Gasteiger partial charge is 0.162 e. The van der Waals surface area contributed by atoms with E-state index in [1.54, 1.807) is 0 Å². The lowest BCUT2D eigenvalue weighted by Gasteiger charge is -2.38. The van der Waals surface area contributed by atoms with Crippen molar-refractivity contribution in [3.63, 3.8) is 0 Å². The molecule has 0 saturated carbocycles. The van der Waals surface area contributed by atoms with E-state index in [0.717, 1.165) is 30.8 Å². The minimum absolute atomic E-state index is 0.0981. The van der Waals surface area contributed by atoms with Crippen LogP contribution in [0, 0.1) is 0 Å². The topological polar surface area (TPSA) is 18.5 Å². The average molecular weight is 234 g/mol. The Balaban J connectivity index is 2.15. The second-order valence-electron chi connectivity index (χ2n) is 4.87. The van der Waals surface area contributed by atoms with Gasteiger partial charge >= 0.3 is 0 Å². The molecule has 94 valence electrons. The first-order chi connectivity index (χ1) is 8.29. The zero-order chi connectivity index (χ0) is 12.1. The van der Waals surface area contributed by atoms with Crippen molar-refractivity contribution in [3.05, 3.63) is 24.3 Å². The third kappa shape index (κ3) is 2.74. The van der Waals surface area contributed by atoms with Crippen LogP contribution in [0.25, 0.3) is 0 Å². The molecule has 1 aromatic carbocycles. The molecule has 1 heterocycles. The number of ether oxygens (including phenoxy) is 2. The molecule has 0 bridgehead atoms. The Morgan fingerprint density at radius 1 is 1.06 bits per heavy atom. The summed E-state index contributed by atoms with van der Waals surface area (Å²) in [5.41, 5.74) is -0.0981. The highest BCUT2D eigenvalue weighted by molar-refractivity contribution is 5.41. The van der Waals surface area contributed by atoms with E-state index in [1.165, 1.54) is 12.8 Å². The Morgan fingerprint density at radius 3 is 2.53 bits per heavy atom. The Labute approximate surface area is 104 Å². The first kappa shape index (κ1) is 12.3. The van der Waals surface area contributed by atoms with Gasteiger partial charge in [0.15, 0.2) is 11.5 Å². The first-order valence-electron chi connectivity index (χ1n) is 6.70.